The van der Waals surface area contributed by atoms with E-state index in [1.165, 1.54) is 13.2 Å². The Kier molecular flexibility index (Phi) is 7.17. The van der Waals surface area contributed by atoms with Gasteiger partial charge in [0, 0.05) is 18.0 Å². The Balaban J connectivity index is 1.48. The molecule has 1 aliphatic rings. The van der Waals surface area contributed by atoms with Crippen molar-refractivity contribution in [2.45, 2.75) is 38.7 Å². The van der Waals surface area contributed by atoms with Crippen molar-refractivity contribution in [1.82, 2.24) is 5.32 Å². The first-order valence-corrected chi connectivity index (χ1v) is 11.5. The van der Waals surface area contributed by atoms with Gasteiger partial charge >= 0.3 is 5.97 Å². The summed E-state index contributed by atoms with van der Waals surface area (Å²) in [5.41, 5.74) is 5.07. The Morgan fingerprint density at radius 3 is 2.71 bits per heavy atom. The summed E-state index contributed by atoms with van der Waals surface area (Å²) in [4.78, 5) is 11.9. The largest absolute Gasteiger partial charge is 0.494 e. The molecule has 1 heterocycles. The monoisotopic (exact) mass is 463 g/mol. The Morgan fingerprint density at radius 2 is 1.94 bits per heavy atom. The Hall–Kier alpha value is -3.38. The van der Waals surface area contributed by atoms with Gasteiger partial charge in [0.25, 0.3) is 0 Å². The van der Waals surface area contributed by atoms with Crippen molar-refractivity contribution in [2.75, 3.05) is 20.2 Å². The van der Waals surface area contributed by atoms with E-state index >= 15 is 0 Å². The van der Waals surface area contributed by atoms with E-state index < -0.39 is 5.97 Å². The third-order valence-electron chi connectivity index (χ3n) is 6.57. The number of hydrogen-bond acceptors (Lipinski definition) is 4. The van der Waals surface area contributed by atoms with Crippen LogP contribution in [0, 0.1) is 19.7 Å². The van der Waals surface area contributed by atoms with Crippen LogP contribution in [0.4, 0.5) is 4.39 Å². The lowest BCUT2D eigenvalue weighted by Gasteiger charge is -2.34. The van der Waals surface area contributed by atoms with E-state index in [0.29, 0.717) is 18.7 Å². The number of hydrogen-bond donors (Lipinski definition) is 2. The molecule has 0 bridgehead atoms. The zero-order valence-electron chi connectivity index (χ0n) is 19.7. The van der Waals surface area contributed by atoms with E-state index in [1.54, 1.807) is 12.1 Å². The number of carboxylic acids is 1. The van der Waals surface area contributed by atoms with Crippen molar-refractivity contribution in [2.24, 2.45) is 0 Å². The highest BCUT2D eigenvalue weighted by Gasteiger charge is 2.31. The number of para-hydroxylation sites is 1. The van der Waals surface area contributed by atoms with Crippen LogP contribution in [0.5, 0.6) is 11.5 Å². The number of benzene rings is 3. The van der Waals surface area contributed by atoms with Crippen LogP contribution >= 0.6 is 0 Å². The predicted molar refractivity (Wildman–Crippen MR) is 130 cm³/mol. The Labute approximate surface area is 199 Å². The molecule has 178 valence electrons. The third kappa shape index (κ3) is 4.92. The molecule has 5 nitrogen and oxygen atoms in total. The lowest BCUT2D eigenvalue weighted by atomic mass is 9.80. The van der Waals surface area contributed by atoms with Gasteiger partial charge in [-0.3, -0.25) is 0 Å². The molecular formula is C28H30FNO4. The van der Waals surface area contributed by atoms with E-state index in [4.69, 9.17) is 9.47 Å². The van der Waals surface area contributed by atoms with Gasteiger partial charge in [0.1, 0.15) is 11.9 Å². The topological polar surface area (TPSA) is 67.8 Å². The molecule has 0 saturated carbocycles. The van der Waals surface area contributed by atoms with Gasteiger partial charge in [-0.15, -0.1) is 0 Å². The van der Waals surface area contributed by atoms with Gasteiger partial charge in [-0.25, -0.2) is 9.18 Å². The number of methoxy groups -OCH3 is 1. The fraction of sp³-hybridized carbons (Fsp3) is 0.321. The van der Waals surface area contributed by atoms with E-state index in [0.717, 1.165) is 46.4 Å². The summed E-state index contributed by atoms with van der Waals surface area (Å²) in [6.45, 7) is 5.10. The van der Waals surface area contributed by atoms with Gasteiger partial charge in [-0.1, -0.05) is 36.4 Å². The fourth-order valence-corrected chi connectivity index (χ4v) is 4.84. The van der Waals surface area contributed by atoms with E-state index in [2.05, 4.69) is 17.4 Å². The number of rotatable bonds is 8. The zero-order valence-corrected chi connectivity index (χ0v) is 19.7. The number of aryl methyl sites for hydroxylation is 1. The molecule has 0 spiro atoms. The lowest BCUT2D eigenvalue weighted by molar-refractivity contribution is 0.0695. The van der Waals surface area contributed by atoms with Gasteiger partial charge in [0.15, 0.2) is 11.6 Å². The normalized spacial score (nSPS) is 17.1. The molecule has 0 amide bonds. The second kappa shape index (κ2) is 10.3. The van der Waals surface area contributed by atoms with Crippen LogP contribution in [0.3, 0.4) is 0 Å². The maximum atomic E-state index is 13.6. The fourth-order valence-electron chi connectivity index (χ4n) is 4.84. The minimum Gasteiger partial charge on any atom is -0.494 e. The molecule has 0 saturated heterocycles. The summed E-state index contributed by atoms with van der Waals surface area (Å²) in [5.74, 6) is -0.117. The molecule has 0 aromatic heterocycles. The molecule has 2 atom stereocenters. The summed E-state index contributed by atoms with van der Waals surface area (Å²) >= 11 is 0. The average Bonchev–Trinajstić information content (AvgIpc) is 2.82. The van der Waals surface area contributed by atoms with Gasteiger partial charge in [0.2, 0.25) is 0 Å². The van der Waals surface area contributed by atoms with Crippen molar-refractivity contribution >= 4 is 5.97 Å². The molecule has 4 rings (SSSR count). The Bertz CT molecular complexity index is 1190. The number of nitrogens with one attached hydrogen (secondary N) is 1. The minimum atomic E-state index is -0.896. The number of aromatic carboxylic acids is 1. The molecule has 1 aliphatic heterocycles. The van der Waals surface area contributed by atoms with Crippen LogP contribution < -0.4 is 14.8 Å². The van der Waals surface area contributed by atoms with Crippen molar-refractivity contribution in [3.63, 3.8) is 0 Å². The minimum absolute atomic E-state index is 0.0526. The maximum Gasteiger partial charge on any atom is 0.336 e. The van der Waals surface area contributed by atoms with Gasteiger partial charge in [0.05, 0.1) is 12.7 Å². The summed E-state index contributed by atoms with van der Waals surface area (Å²) in [7, 11) is 1.46. The van der Waals surface area contributed by atoms with Gasteiger partial charge in [-0.05, 0) is 73.7 Å². The summed E-state index contributed by atoms with van der Waals surface area (Å²) < 4.78 is 25.0. The van der Waals surface area contributed by atoms with Crippen LogP contribution in [-0.4, -0.2) is 37.4 Å². The second-order valence-electron chi connectivity index (χ2n) is 8.77. The first kappa shape index (κ1) is 23.8. The molecule has 0 aliphatic carbocycles. The molecule has 0 fully saturated rings. The molecule has 34 heavy (non-hydrogen) atoms. The molecule has 6 heteroatoms. The molecule has 1 unspecified atom stereocenters. The van der Waals surface area contributed by atoms with Crippen LogP contribution in [0.15, 0.2) is 54.6 Å². The highest BCUT2D eigenvalue weighted by atomic mass is 19.1. The van der Waals surface area contributed by atoms with E-state index in [-0.39, 0.29) is 23.6 Å². The quantitative estimate of drug-likeness (QED) is 0.446. The van der Waals surface area contributed by atoms with Gasteiger partial charge in [-0.2, -0.15) is 0 Å². The summed E-state index contributed by atoms with van der Waals surface area (Å²) in [5, 5.41) is 13.2. The number of carboxylic acid groups (broad SMARTS) is 1. The van der Waals surface area contributed by atoms with Crippen LogP contribution in [-0.2, 0) is 6.42 Å². The van der Waals surface area contributed by atoms with E-state index in [1.807, 2.05) is 38.1 Å². The summed E-state index contributed by atoms with van der Waals surface area (Å²) in [6.07, 6.45) is 1.43. The lowest BCUT2D eigenvalue weighted by Crippen LogP contribution is -2.36. The number of ether oxygens (including phenoxy) is 2. The second-order valence-corrected chi connectivity index (χ2v) is 8.77. The average molecular weight is 464 g/mol. The third-order valence-corrected chi connectivity index (χ3v) is 6.57. The maximum absolute atomic E-state index is 13.6. The molecule has 0 radical (unpaired) electrons. The molecule has 2 N–H and O–H groups in total. The van der Waals surface area contributed by atoms with Gasteiger partial charge < -0.3 is 19.9 Å². The van der Waals surface area contributed by atoms with Crippen molar-refractivity contribution in [3.8, 4) is 11.5 Å². The molecule has 3 aromatic carbocycles. The van der Waals surface area contributed by atoms with Crippen LogP contribution in [0.2, 0.25) is 0 Å². The summed E-state index contributed by atoms with van der Waals surface area (Å²) in [6, 6.07) is 16.8. The van der Waals surface area contributed by atoms with Crippen molar-refractivity contribution in [3.05, 3.63) is 93.8 Å². The predicted octanol–water partition coefficient (Wildman–Crippen LogP) is 5.26. The zero-order chi connectivity index (χ0) is 24.2. The first-order chi connectivity index (χ1) is 16.4. The molecule has 3 aromatic rings. The SMILES string of the molecule is COc1cc(CCNC[C@H]2CC(c3ccc(C)c(C(=O)O)c3C)c3ccccc3O2)ccc1F. The van der Waals surface area contributed by atoms with E-state index in [9.17, 15) is 14.3 Å². The van der Waals surface area contributed by atoms with Crippen LogP contribution in [0.25, 0.3) is 0 Å². The molecular weight excluding hydrogens is 433 g/mol. The van der Waals surface area contributed by atoms with Crippen molar-refractivity contribution < 1.29 is 23.8 Å². The number of halogens is 1. The highest BCUT2D eigenvalue weighted by molar-refractivity contribution is 5.91. The van der Waals surface area contributed by atoms with Crippen LogP contribution in [0.1, 0.15) is 50.5 Å². The standard InChI is InChI=1S/C28H30FNO4/c1-17-8-10-21(18(2)27(17)28(31)32)23-15-20(34-25-7-5-4-6-22(23)25)16-30-13-12-19-9-11-24(29)26(14-19)33-3/h4-11,14,20,23,30H,12-13,15-16H2,1-3H3,(H,31,32)/t20-,23?/m1/s1. The Morgan fingerprint density at radius 1 is 1.15 bits per heavy atom. The number of fused-ring (bicyclic) bond motifs is 1. The highest BCUT2D eigenvalue weighted by Crippen LogP contribution is 2.42. The van der Waals surface area contributed by atoms with Crippen molar-refractivity contribution in [1.29, 1.82) is 0 Å². The number of carbonyl (C=O) groups is 1. The smallest absolute Gasteiger partial charge is 0.336 e. The first-order valence-electron chi connectivity index (χ1n) is 11.5.